The lowest BCUT2D eigenvalue weighted by molar-refractivity contribution is -0.419. The molecule has 0 bridgehead atoms. The second-order valence-corrected chi connectivity index (χ2v) is 2.90. The van der Waals surface area contributed by atoms with E-state index in [2.05, 4.69) is 30.2 Å². The Bertz CT molecular complexity index is 144. The zero-order valence-corrected chi connectivity index (χ0v) is 5.74. The lowest BCUT2D eigenvalue weighted by Gasteiger charge is -1.92. The van der Waals surface area contributed by atoms with Crippen molar-refractivity contribution in [3.05, 3.63) is 22.4 Å². The Kier molecular flexibility index (Phi) is 1.65. The molecule has 0 spiro atoms. The minimum absolute atomic E-state index is 0.454. The molecule has 1 rings (SSSR count). The van der Waals surface area contributed by atoms with Crippen molar-refractivity contribution in [1.29, 1.82) is 0 Å². The van der Waals surface area contributed by atoms with E-state index in [9.17, 15) is 0 Å². The molecule has 0 saturated carbocycles. The van der Waals surface area contributed by atoms with E-state index in [0.29, 0.717) is 6.04 Å². The largest absolute Gasteiger partial charge is 0.351 e. The molecule has 3 N–H and O–H groups in total. The molecule has 1 atom stereocenters. The van der Waals surface area contributed by atoms with E-state index in [1.807, 2.05) is 0 Å². The van der Waals surface area contributed by atoms with E-state index >= 15 is 0 Å². The molecule has 1 aromatic rings. The van der Waals surface area contributed by atoms with Crippen LogP contribution in [-0.2, 0) is 0 Å². The number of hydrogen-bond acceptors (Lipinski definition) is 1. The molecule has 0 aliphatic rings. The molecule has 1 heterocycles. The molecule has 1 aromatic heterocycles. The fraction of sp³-hybridized carbons (Fsp3) is 0.333. The Labute approximate surface area is 53.1 Å². The Morgan fingerprint density at radius 3 is 2.75 bits per heavy atom. The highest BCUT2D eigenvalue weighted by Crippen LogP contribution is 2.13. The van der Waals surface area contributed by atoms with Gasteiger partial charge in [0.1, 0.15) is 6.04 Å². The molecule has 0 fully saturated rings. The van der Waals surface area contributed by atoms with Gasteiger partial charge in [-0.1, -0.05) is 6.07 Å². The molecule has 0 aliphatic heterocycles. The van der Waals surface area contributed by atoms with Crippen LogP contribution in [0.4, 0.5) is 0 Å². The van der Waals surface area contributed by atoms with Gasteiger partial charge >= 0.3 is 0 Å². The lowest BCUT2D eigenvalue weighted by atomic mass is 10.3. The third-order valence-corrected chi connectivity index (χ3v) is 2.13. The van der Waals surface area contributed by atoms with Gasteiger partial charge in [0.05, 0.1) is 4.88 Å². The summed E-state index contributed by atoms with van der Waals surface area (Å²) < 4.78 is 0. The fourth-order valence-corrected chi connectivity index (χ4v) is 1.28. The quantitative estimate of drug-likeness (QED) is 0.585. The zero-order valence-electron chi connectivity index (χ0n) is 4.92. The van der Waals surface area contributed by atoms with Crippen molar-refractivity contribution in [2.24, 2.45) is 0 Å². The van der Waals surface area contributed by atoms with Gasteiger partial charge in [-0.3, -0.25) is 0 Å². The topological polar surface area (TPSA) is 27.6 Å². The highest BCUT2D eigenvalue weighted by Gasteiger charge is 1.99. The van der Waals surface area contributed by atoms with Crippen molar-refractivity contribution in [3.63, 3.8) is 0 Å². The summed E-state index contributed by atoms with van der Waals surface area (Å²) in [7, 11) is 0. The average Bonchev–Trinajstić information content (AvgIpc) is 2.12. The summed E-state index contributed by atoms with van der Waals surface area (Å²) in [5.74, 6) is 0. The van der Waals surface area contributed by atoms with Gasteiger partial charge in [-0.25, -0.2) is 0 Å². The van der Waals surface area contributed by atoms with Crippen LogP contribution in [0.5, 0.6) is 0 Å². The molecule has 0 aromatic carbocycles. The third kappa shape index (κ3) is 1.08. The average molecular weight is 128 g/mol. The number of quaternary nitrogens is 1. The monoisotopic (exact) mass is 128 g/mol. The van der Waals surface area contributed by atoms with Gasteiger partial charge in [0.15, 0.2) is 0 Å². The highest BCUT2D eigenvalue weighted by atomic mass is 32.1. The Hall–Kier alpha value is -0.340. The number of rotatable bonds is 1. The van der Waals surface area contributed by atoms with Crippen LogP contribution in [0.15, 0.2) is 17.5 Å². The molecule has 0 radical (unpaired) electrons. The van der Waals surface area contributed by atoms with Crippen LogP contribution in [0.3, 0.4) is 0 Å². The molecule has 0 unspecified atom stereocenters. The van der Waals surface area contributed by atoms with Gasteiger partial charge in [0, 0.05) is 0 Å². The van der Waals surface area contributed by atoms with Gasteiger partial charge in [0.2, 0.25) is 0 Å². The summed E-state index contributed by atoms with van der Waals surface area (Å²) in [5, 5.41) is 2.08. The van der Waals surface area contributed by atoms with Crippen molar-refractivity contribution >= 4 is 11.3 Å². The molecule has 0 aliphatic carbocycles. The second kappa shape index (κ2) is 2.29. The van der Waals surface area contributed by atoms with Gasteiger partial charge in [-0.2, -0.15) is 0 Å². The molecular formula is C6H10NS+. The van der Waals surface area contributed by atoms with Gasteiger partial charge < -0.3 is 5.73 Å². The van der Waals surface area contributed by atoms with E-state index in [1.165, 1.54) is 4.88 Å². The first-order valence-corrected chi connectivity index (χ1v) is 3.55. The normalized spacial score (nSPS) is 13.8. The van der Waals surface area contributed by atoms with Gasteiger partial charge in [-0.15, -0.1) is 11.3 Å². The van der Waals surface area contributed by atoms with Crippen LogP contribution >= 0.6 is 11.3 Å². The smallest absolute Gasteiger partial charge is 0.116 e. The maximum Gasteiger partial charge on any atom is 0.116 e. The summed E-state index contributed by atoms with van der Waals surface area (Å²) >= 11 is 1.77. The van der Waals surface area contributed by atoms with Crippen molar-refractivity contribution < 1.29 is 5.73 Å². The number of hydrogen-bond donors (Lipinski definition) is 1. The Morgan fingerprint density at radius 1 is 1.75 bits per heavy atom. The van der Waals surface area contributed by atoms with Gasteiger partial charge in [0.25, 0.3) is 0 Å². The number of thiophene rings is 1. The van der Waals surface area contributed by atoms with Crippen LogP contribution in [0.2, 0.25) is 0 Å². The fourth-order valence-electron chi connectivity index (χ4n) is 0.572. The molecule has 0 saturated heterocycles. The Balaban J connectivity index is 2.77. The van der Waals surface area contributed by atoms with Crippen molar-refractivity contribution in [1.82, 2.24) is 0 Å². The molecule has 8 heavy (non-hydrogen) atoms. The first kappa shape index (κ1) is 5.79. The molecule has 44 valence electrons. The predicted octanol–water partition coefficient (Wildman–Crippen LogP) is 1.05. The summed E-state index contributed by atoms with van der Waals surface area (Å²) in [5.41, 5.74) is 3.89. The minimum Gasteiger partial charge on any atom is -0.351 e. The highest BCUT2D eigenvalue weighted by molar-refractivity contribution is 7.10. The van der Waals surface area contributed by atoms with Crippen LogP contribution < -0.4 is 5.73 Å². The molecule has 0 amide bonds. The zero-order chi connectivity index (χ0) is 5.98. The molecule has 2 heteroatoms. The standard InChI is InChI=1S/C6H9NS/c1-5(7)6-3-2-4-8-6/h2-5H,7H2,1H3/p+1/t5-/m1/s1. The lowest BCUT2D eigenvalue weighted by Crippen LogP contribution is -2.51. The van der Waals surface area contributed by atoms with E-state index in [4.69, 9.17) is 0 Å². The van der Waals surface area contributed by atoms with Crippen LogP contribution in [0, 0.1) is 0 Å². The maximum absolute atomic E-state index is 3.89. The van der Waals surface area contributed by atoms with E-state index in [1.54, 1.807) is 11.3 Å². The van der Waals surface area contributed by atoms with E-state index in [-0.39, 0.29) is 0 Å². The SMILES string of the molecule is C[C@@H]([NH3+])c1cccs1. The predicted molar refractivity (Wildman–Crippen MR) is 35.6 cm³/mol. The maximum atomic E-state index is 3.89. The summed E-state index contributed by atoms with van der Waals surface area (Å²) in [6.07, 6.45) is 0. The van der Waals surface area contributed by atoms with Crippen molar-refractivity contribution in [2.45, 2.75) is 13.0 Å². The first-order valence-electron chi connectivity index (χ1n) is 2.67. The van der Waals surface area contributed by atoms with Crippen LogP contribution in [0.25, 0.3) is 0 Å². The van der Waals surface area contributed by atoms with Crippen molar-refractivity contribution in [2.75, 3.05) is 0 Å². The van der Waals surface area contributed by atoms with Crippen LogP contribution in [0.1, 0.15) is 17.8 Å². The molecular weight excluding hydrogens is 118 g/mol. The summed E-state index contributed by atoms with van der Waals surface area (Å²) in [6, 6.07) is 4.62. The van der Waals surface area contributed by atoms with E-state index < -0.39 is 0 Å². The summed E-state index contributed by atoms with van der Waals surface area (Å²) in [6.45, 7) is 2.10. The van der Waals surface area contributed by atoms with E-state index in [0.717, 1.165) is 0 Å². The Morgan fingerprint density at radius 2 is 2.50 bits per heavy atom. The second-order valence-electron chi connectivity index (χ2n) is 1.92. The van der Waals surface area contributed by atoms with Gasteiger partial charge in [-0.05, 0) is 18.4 Å². The van der Waals surface area contributed by atoms with Crippen LogP contribution in [-0.4, -0.2) is 0 Å². The minimum atomic E-state index is 0.454. The summed E-state index contributed by atoms with van der Waals surface area (Å²) in [4.78, 5) is 1.37. The third-order valence-electron chi connectivity index (χ3n) is 1.03. The van der Waals surface area contributed by atoms with Crippen molar-refractivity contribution in [3.8, 4) is 0 Å². The molecule has 1 nitrogen and oxygen atoms in total. The first-order chi connectivity index (χ1) is 3.80.